The Morgan fingerprint density at radius 3 is 1.80 bits per heavy atom. The van der Waals surface area contributed by atoms with E-state index in [2.05, 4.69) is 0 Å². The highest BCUT2D eigenvalue weighted by Gasteiger charge is 2.53. The van der Waals surface area contributed by atoms with Crippen LogP contribution in [0.5, 0.6) is 0 Å². The molecule has 1 rings (SSSR count). The lowest BCUT2D eigenvalue weighted by Crippen LogP contribution is -2.43. The maximum atomic E-state index is 9.37. The van der Waals surface area contributed by atoms with Crippen LogP contribution in [0.2, 0.25) is 0 Å². The lowest BCUT2D eigenvalue weighted by molar-refractivity contribution is -0.0515. The van der Waals surface area contributed by atoms with Crippen LogP contribution in [-0.2, 0) is 0 Å². The zero-order valence-corrected chi connectivity index (χ0v) is 8.71. The topological polar surface area (TPSA) is 101 Å². The van der Waals surface area contributed by atoms with Crippen molar-refractivity contribution in [1.29, 1.82) is 0 Å². The zero-order valence-electron chi connectivity index (χ0n) is 8.71. The van der Waals surface area contributed by atoms with Gasteiger partial charge in [0.05, 0.1) is 13.2 Å². The van der Waals surface area contributed by atoms with Crippen LogP contribution in [0.3, 0.4) is 0 Å². The van der Waals surface area contributed by atoms with Gasteiger partial charge in [-0.05, 0) is 24.2 Å². The van der Waals surface area contributed by atoms with E-state index >= 15 is 0 Å². The molecule has 5 nitrogen and oxygen atoms in total. The first-order valence-electron chi connectivity index (χ1n) is 5.24. The molecule has 0 heterocycles. The van der Waals surface area contributed by atoms with Crippen molar-refractivity contribution in [2.45, 2.75) is 6.42 Å². The summed E-state index contributed by atoms with van der Waals surface area (Å²) in [5.41, 5.74) is -0.864. The number of hydrogen-bond donors (Lipinski definition) is 5. The highest BCUT2D eigenvalue weighted by molar-refractivity contribution is 5.01. The van der Waals surface area contributed by atoms with Crippen molar-refractivity contribution in [2.75, 3.05) is 33.0 Å². The number of aliphatic hydroxyl groups is 5. The molecule has 1 fully saturated rings. The Bertz CT molecular complexity index is 192. The highest BCUT2D eigenvalue weighted by Crippen LogP contribution is 2.50. The number of rotatable bonds is 5. The molecule has 0 saturated heterocycles. The second kappa shape index (κ2) is 5.23. The third-order valence-electron chi connectivity index (χ3n) is 3.95. The molecule has 90 valence electrons. The van der Waals surface area contributed by atoms with Crippen molar-refractivity contribution in [3.63, 3.8) is 0 Å². The van der Waals surface area contributed by atoms with Crippen LogP contribution in [0.4, 0.5) is 0 Å². The Morgan fingerprint density at radius 2 is 1.47 bits per heavy atom. The maximum Gasteiger partial charge on any atom is 0.0516 e. The van der Waals surface area contributed by atoms with Gasteiger partial charge in [-0.15, -0.1) is 0 Å². The van der Waals surface area contributed by atoms with E-state index in [0.717, 1.165) is 0 Å². The quantitative estimate of drug-likeness (QED) is 0.376. The van der Waals surface area contributed by atoms with E-state index in [4.69, 9.17) is 5.11 Å². The molecule has 0 radical (unpaired) electrons. The monoisotopic (exact) mass is 220 g/mol. The van der Waals surface area contributed by atoms with Gasteiger partial charge in [0.1, 0.15) is 0 Å². The fourth-order valence-electron chi connectivity index (χ4n) is 2.87. The smallest absolute Gasteiger partial charge is 0.0516 e. The average Bonchev–Trinajstić information content (AvgIpc) is 2.61. The minimum absolute atomic E-state index is 0.0938. The molecule has 0 aromatic rings. The van der Waals surface area contributed by atoms with Gasteiger partial charge in [-0.1, -0.05) is 0 Å². The first-order chi connectivity index (χ1) is 7.19. The summed E-state index contributed by atoms with van der Waals surface area (Å²) in [7, 11) is 0. The lowest BCUT2D eigenvalue weighted by Gasteiger charge is -2.36. The molecule has 0 aliphatic heterocycles. The standard InChI is InChI=1S/C10H20O5/c11-2-7-1-8(3-12)10(5-14,6-15)9(7)4-13/h7-9,11-15H,1-6H2/t7-,8+,9+/m0/s1. The summed E-state index contributed by atoms with van der Waals surface area (Å²) in [5, 5.41) is 46.4. The molecule has 0 bridgehead atoms. The largest absolute Gasteiger partial charge is 0.396 e. The van der Waals surface area contributed by atoms with Gasteiger partial charge in [-0.2, -0.15) is 0 Å². The molecule has 5 heteroatoms. The Labute approximate surface area is 89.0 Å². The molecule has 15 heavy (non-hydrogen) atoms. The van der Waals surface area contributed by atoms with Crippen LogP contribution >= 0.6 is 0 Å². The third kappa shape index (κ3) is 1.90. The minimum atomic E-state index is -0.864. The zero-order chi connectivity index (χ0) is 11.5. The molecule has 1 saturated carbocycles. The molecule has 1 aliphatic carbocycles. The van der Waals surface area contributed by atoms with Crippen molar-refractivity contribution in [2.24, 2.45) is 23.2 Å². The van der Waals surface area contributed by atoms with Gasteiger partial charge in [-0.25, -0.2) is 0 Å². The number of aliphatic hydroxyl groups excluding tert-OH is 5. The average molecular weight is 220 g/mol. The predicted molar refractivity (Wildman–Crippen MR) is 52.9 cm³/mol. The van der Waals surface area contributed by atoms with Gasteiger partial charge in [0.2, 0.25) is 0 Å². The van der Waals surface area contributed by atoms with E-state index in [-0.39, 0.29) is 50.8 Å². The Hall–Kier alpha value is -0.200. The van der Waals surface area contributed by atoms with Gasteiger partial charge < -0.3 is 25.5 Å². The molecule has 0 amide bonds. The summed E-state index contributed by atoms with van der Waals surface area (Å²) in [6.45, 7) is -0.993. The van der Waals surface area contributed by atoms with Gasteiger partial charge in [0.15, 0.2) is 0 Å². The molecule has 0 unspecified atom stereocenters. The molecular weight excluding hydrogens is 200 g/mol. The van der Waals surface area contributed by atoms with Gasteiger partial charge in [-0.3, -0.25) is 0 Å². The van der Waals surface area contributed by atoms with Crippen molar-refractivity contribution >= 4 is 0 Å². The predicted octanol–water partition coefficient (Wildman–Crippen LogP) is -1.81. The van der Waals surface area contributed by atoms with Crippen LogP contribution in [0.15, 0.2) is 0 Å². The van der Waals surface area contributed by atoms with Gasteiger partial charge >= 0.3 is 0 Å². The first kappa shape index (κ1) is 12.9. The van der Waals surface area contributed by atoms with Gasteiger partial charge in [0, 0.05) is 25.2 Å². The first-order valence-corrected chi connectivity index (χ1v) is 5.24. The van der Waals surface area contributed by atoms with Crippen molar-refractivity contribution in [1.82, 2.24) is 0 Å². The fraction of sp³-hybridized carbons (Fsp3) is 1.00. The van der Waals surface area contributed by atoms with Crippen LogP contribution in [0, 0.1) is 23.2 Å². The third-order valence-corrected chi connectivity index (χ3v) is 3.95. The summed E-state index contributed by atoms with van der Waals surface area (Å²) < 4.78 is 0. The van der Waals surface area contributed by atoms with Crippen LogP contribution in [-0.4, -0.2) is 58.6 Å². The van der Waals surface area contributed by atoms with E-state index in [1.165, 1.54) is 0 Å². The molecule has 0 aromatic heterocycles. The summed E-state index contributed by atoms with van der Waals surface area (Å²) in [5.74, 6) is -0.775. The normalized spacial score (nSPS) is 34.6. The van der Waals surface area contributed by atoms with Crippen LogP contribution in [0.25, 0.3) is 0 Å². The lowest BCUT2D eigenvalue weighted by atomic mass is 9.72. The van der Waals surface area contributed by atoms with Crippen molar-refractivity contribution in [3.05, 3.63) is 0 Å². The SMILES string of the molecule is OC[C@@H]1C[C@H](CO)C(CO)(CO)[C@@H]1CO. The van der Waals surface area contributed by atoms with E-state index in [1.54, 1.807) is 0 Å². The van der Waals surface area contributed by atoms with Crippen molar-refractivity contribution in [3.8, 4) is 0 Å². The molecule has 1 aliphatic rings. The Morgan fingerprint density at radius 1 is 0.867 bits per heavy atom. The number of hydrogen-bond acceptors (Lipinski definition) is 5. The fourth-order valence-corrected chi connectivity index (χ4v) is 2.87. The molecule has 3 atom stereocenters. The summed E-state index contributed by atoms with van der Waals surface area (Å²) >= 11 is 0. The van der Waals surface area contributed by atoms with Gasteiger partial charge in [0.25, 0.3) is 0 Å². The molecule has 0 aromatic carbocycles. The summed E-state index contributed by atoms with van der Waals surface area (Å²) in [4.78, 5) is 0. The Kier molecular flexibility index (Phi) is 4.48. The second-order valence-electron chi connectivity index (χ2n) is 4.40. The highest BCUT2D eigenvalue weighted by atomic mass is 16.3. The Balaban J connectivity index is 2.95. The maximum absolute atomic E-state index is 9.37. The van der Waals surface area contributed by atoms with E-state index < -0.39 is 5.41 Å². The van der Waals surface area contributed by atoms with E-state index in [9.17, 15) is 20.4 Å². The minimum Gasteiger partial charge on any atom is -0.396 e. The molecular formula is C10H20O5. The molecule has 5 N–H and O–H groups in total. The second-order valence-corrected chi connectivity index (χ2v) is 4.40. The summed E-state index contributed by atoms with van der Waals surface area (Å²) in [6, 6.07) is 0. The van der Waals surface area contributed by atoms with Crippen LogP contribution < -0.4 is 0 Å². The summed E-state index contributed by atoms with van der Waals surface area (Å²) in [6.07, 6.45) is 0.527. The van der Waals surface area contributed by atoms with E-state index in [1.807, 2.05) is 0 Å². The molecule has 0 spiro atoms. The van der Waals surface area contributed by atoms with Crippen molar-refractivity contribution < 1.29 is 25.5 Å². The van der Waals surface area contributed by atoms with Crippen LogP contribution in [0.1, 0.15) is 6.42 Å². The van der Waals surface area contributed by atoms with E-state index in [0.29, 0.717) is 6.42 Å².